The second-order valence-corrected chi connectivity index (χ2v) is 6.71. The van der Waals surface area contributed by atoms with Gasteiger partial charge in [0.1, 0.15) is 5.75 Å². The van der Waals surface area contributed by atoms with E-state index in [0.717, 1.165) is 23.5 Å². The molecule has 0 aliphatic carbocycles. The number of ether oxygens (including phenoxy) is 1. The van der Waals surface area contributed by atoms with Crippen molar-refractivity contribution in [2.24, 2.45) is 0 Å². The van der Waals surface area contributed by atoms with Crippen LogP contribution in [0, 0.1) is 0 Å². The molecule has 0 saturated carbocycles. The molecule has 7 heteroatoms. The molecule has 6 nitrogen and oxygen atoms in total. The van der Waals surface area contributed by atoms with Crippen molar-refractivity contribution < 1.29 is 14.1 Å². The molecule has 0 bridgehead atoms. The number of hydrogen-bond acceptors (Lipinski definition) is 6. The Morgan fingerprint density at radius 2 is 2.33 bits per heavy atom. The van der Waals surface area contributed by atoms with Crippen LogP contribution in [0.1, 0.15) is 36.0 Å². The zero-order valence-corrected chi connectivity index (χ0v) is 14.7. The van der Waals surface area contributed by atoms with Crippen LogP contribution in [0.5, 0.6) is 5.75 Å². The maximum atomic E-state index is 12.3. The van der Waals surface area contributed by atoms with E-state index in [2.05, 4.69) is 10.1 Å². The van der Waals surface area contributed by atoms with Crippen molar-refractivity contribution in [3.63, 3.8) is 0 Å². The number of piperidine rings is 1. The van der Waals surface area contributed by atoms with Crippen molar-refractivity contribution in [2.45, 2.75) is 31.1 Å². The number of carbonyl (C=O) groups excluding carboxylic acids is 1. The van der Waals surface area contributed by atoms with E-state index in [9.17, 15) is 4.79 Å². The molecule has 1 amide bonds. The number of amides is 1. The fourth-order valence-electron chi connectivity index (χ4n) is 2.88. The highest BCUT2D eigenvalue weighted by molar-refractivity contribution is 7.97. The maximum Gasteiger partial charge on any atom is 0.231 e. The molecule has 1 aromatic heterocycles. The summed E-state index contributed by atoms with van der Waals surface area (Å²) in [4.78, 5) is 18.6. The molecule has 1 saturated heterocycles. The first-order chi connectivity index (χ1) is 11.7. The minimum Gasteiger partial charge on any atom is -0.497 e. The molecule has 3 rings (SSSR count). The zero-order chi connectivity index (χ0) is 16.9. The summed E-state index contributed by atoms with van der Waals surface area (Å²) >= 11 is 1.66. The maximum absolute atomic E-state index is 12.3. The number of rotatable bonds is 6. The van der Waals surface area contributed by atoms with Crippen LogP contribution in [0.2, 0.25) is 0 Å². The molecule has 1 atom stereocenters. The van der Waals surface area contributed by atoms with Gasteiger partial charge in [0.15, 0.2) is 5.82 Å². The molecule has 1 aliphatic heterocycles. The number of nitrogens with zero attached hydrogens (tertiary/aromatic N) is 3. The Balaban J connectivity index is 1.69. The fourth-order valence-corrected chi connectivity index (χ4v) is 3.26. The Labute approximate surface area is 145 Å². The van der Waals surface area contributed by atoms with E-state index in [4.69, 9.17) is 9.26 Å². The van der Waals surface area contributed by atoms with Crippen LogP contribution in [0.25, 0.3) is 0 Å². The first-order valence-electron chi connectivity index (χ1n) is 7.91. The van der Waals surface area contributed by atoms with Gasteiger partial charge in [0, 0.05) is 19.5 Å². The highest BCUT2D eigenvalue weighted by Crippen LogP contribution is 2.28. The molecular weight excluding hydrogens is 326 g/mol. The molecule has 1 aromatic carbocycles. The topological polar surface area (TPSA) is 68.5 Å². The van der Waals surface area contributed by atoms with Crippen molar-refractivity contribution in [1.82, 2.24) is 15.0 Å². The minimum absolute atomic E-state index is 0.108. The molecule has 1 aliphatic rings. The van der Waals surface area contributed by atoms with Crippen molar-refractivity contribution in [3.8, 4) is 5.75 Å². The monoisotopic (exact) mass is 347 g/mol. The summed E-state index contributed by atoms with van der Waals surface area (Å²) in [6.07, 6.45) is 3.27. The molecule has 2 aromatic rings. The SMILES string of the molecule is COc1cccc(CN2C[C@@H](c3nc(CSC)no3)CCC2=O)c1. The number of carbonyl (C=O) groups is 1. The molecule has 2 heterocycles. The number of hydrogen-bond donors (Lipinski definition) is 0. The predicted molar refractivity (Wildman–Crippen MR) is 91.9 cm³/mol. The Hall–Kier alpha value is -2.02. The van der Waals surface area contributed by atoms with Gasteiger partial charge in [0.05, 0.1) is 18.8 Å². The van der Waals surface area contributed by atoms with Gasteiger partial charge in [-0.3, -0.25) is 4.79 Å². The van der Waals surface area contributed by atoms with Crippen LogP contribution in [-0.2, 0) is 17.1 Å². The van der Waals surface area contributed by atoms with E-state index >= 15 is 0 Å². The Morgan fingerprint density at radius 1 is 1.46 bits per heavy atom. The van der Waals surface area contributed by atoms with Crippen molar-refractivity contribution in [2.75, 3.05) is 19.9 Å². The molecule has 0 radical (unpaired) electrons. The first-order valence-corrected chi connectivity index (χ1v) is 9.31. The van der Waals surface area contributed by atoms with Crippen molar-refractivity contribution >= 4 is 17.7 Å². The van der Waals surface area contributed by atoms with Gasteiger partial charge in [-0.15, -0.1) is 0 Å². The molecule has 0 N–H and O–H groups in total. The average molecular weight is 347 g/mol. The minimum atomic E-state index is 0.108. The Bertz CT molecular complexity index is 704. The summed E-state index contributed by atoms with van der Waals surface area (Å²) in [5.74, 6) is 3.17. The van der Waals surface area contributed by atoms with Gasteiger partial charge < -0.3 is 14.2 Å². The van der Waals surface area contributed by atoms with Gasteiger partial charge in [-0.25, -0.2) is 0 Å². The van der Waals surface area contributed by atoms with Crippen LogP contribution < -0.4 is 4.74 Å². The molecule has 0 unspecified atom stereocenters. The second kappa shape index (κ2) is 7.70. The summed E-state index contributed by atoms with van der Waals surface area (Å²) < 4.78 is 10.6. The third kappa shape index (κ3) is 3.90. The van der Waals surface area contributed by atoms with E-state index in [1.54, 1.807) is 18.9 Å². The van der Waals surface area contributed by atoms with Crippen molar-refractivity contribution in [3.05, 3.63) is 41.5 Å². The van der Waals surface area contributed by atoms with E-state index in [1.807, 2.05) is 35.4 Å². The highest BCUT2D eigenvalue weighted by Gasteiger charge is 2.30. The van der Waals surface area contributed by atoms with E-state index < -0.39 is 0 Å². The van der Waals surface area contributed by atoms with E-state index in [1.165, 1.54) is 0 Å². The van der Waals surface area contributed by atoms with Crippen LogP contribution >= 0.6 is 11.8 Å². The van der Waals surface area contributed by atoms with Gasteiger partial charge in [0.25, 0.3) is 0 Å². The summed E-state index contributed by atoms with van der Waals surface area (Å²) in [6.45, 7) is 1.18. The summed E-state index contributed by atoms with van der Waals surface area (Å²) in [6, 6.07) is 7.80. The number of methoxy groups -OCH3 is 1. The molecule has 24 heavy (non-hydrogen) atoms. The van der Waals surface area contributed by atoms with Crippen LogP contribution in [-0.4, -0.2) is 40.9 Å². The van der Waals surface area contributed by atoms with Gasteiger partial charge in [0.2, 0.25) is 11.8 Å². The molecule has 0 spiro atoms. The number of likely N-dealkylation sites (tertiary alicyclic amines) is 1. The Morgan fingerprint density at radius 3 is 3.12 bits per heavy atom. The van der Waals surface area contributed by atoms with E-state index in [-0.39, 0.29) is 11.8 Å². The Kier molecular flexibility index (Phi) is 5.40. The third-order valence-electron chi connectivity index (χ3n) is 4.11. The zero-order valence-electron chi connectivity index (χ0n) is 13.9. The summed E-state index contributed by atoms with van der Waals surface area (Å²) in [5.41, 5.74) is 1.05. The van der Waals surface area contributed by atoms with Crippen LogP contribution in [0.15, 0.2) is 28.8 Å². The normalized spacial score (nSPS) is 18.0. The van der Waals surface area contributed by atoms with Crippen molar-refractivity contribution in [1.29, 1.82) is 0 Å². The average Bonchev–Trinajstić information content (AvgIpc) is 3.06. The standard InChI is InChI=1S/C17H21N3O3S/c1-22-14-5-3-4-12(8-14)9-20-10-13(6-7-16(20)21)17-18-15(11-24-2)19-23-17/h3-5,8,13H,6-7,9-11H2,1-2H3/t13-/m0/s1. The largest absolute Gasteiger partial charge is 0.497 e. The molecule has 128 valence electrons. The summed E-state index contributed by atoms with van der Waals surface area (Å²) in [7, 11) is 1.64. The lowest BCUT2D eigenvalue weighted by Gasteiger charge is -2.31. The van der Waals surface area contributed by atoms with Gasteiger partial charge >= 0.3 is 0 Å². The van der Waals surface area contributed by atoms with Gasteiger partial charge in [-0.05, 0) is 30.4 Å². The quantitative estimate of drug-likeness (QED) is 0.800. The third-order valence-corrected chi connectivity index (χ3v) is 4.66. The highest BCUT2D eigenvalue weighted by atomic mass is 32.2. The number of thioether (sulfide) groups is 1. The lowest BCUT2D eigenvalue weighted by Crippen LogP contribution is -2.38. The van der Waals surface area contributed by atoms with Gasteiger partial charge in [-0.1, -0.05) is 17.3 Å². The lowest BCUT2D eigenvalue weighted by atomic mass is 9.97. The van der Waals surface area contributed by atoms with Gasteiger partial charge in [-0.2, -0.15) is 16.7 Å². The van der Waals surface area contributed by atoms with E-state index in [0.29, 0.717) is 31.2 Å². The smallest absolute Gasteiger partial charge is 0.231 e. The number of aromatic nitrogens is 2. The molecule has 1 fully saturated rings. The lowest BCUT2D eigenvalue weighted by molar-refractivity contribution is -0.134. The predicted octanol–water partition coefficient (Wildman–Crippen LogP) is 2.85. The van der Waals surface area contributed by atoms with Crippen LogP contribution in [0.4, 0.5) is 0 Å². The second-order valence-electron chi connectivity index (χ2n) is 5.84. The summed E-state index contributed by atoms with van der Waals surface area (Å²) in [5, 5.41) is 4.00. The number of benzene rings is 1. The van der Waals surface area contributed by atoms with Crippen LogP contribution in [0.3, 0.4) is 0 Å². The first kappa shape index (κ1) is 16.8. The molecular formula is C17H21N3O3S. The fraction of sp³-hybridized carbons (Fsp3) is 0.471.